The summed E-state index contributed by atoms with van der Waals surface area (Å²) in [6.07, 6.45) is 6.12. The number of likely N-dealkylation sites (tertiary alicyclic amines) is 1. The Morgan fingerprint density at radius 3 is 3.04 bits per heavy atom. The van der Waals surface area contributed by atoms with Crippen LogP contribution < -0.4 is 0 Å². The van der Waals surface area contributed by atoms with Gasteiger partial charge in [0.2, 0.25) is 0 Å². The molecule has 0 saturated carbocycles. The van der Waals surface area contributed by atoms with Crippen LogP contribution in [0.25, 0.3) is 5.65 Å². The number of rotatable bonds is 3. The zero-order valence-electron chi connectivity index (χ0n) is 13.8. The number of hydrogen-bond acceptors (Lipinski definition) is 5. The molecule has 1 aliphatic heterocycles. The number of aryl methyl sites for hydroxylation is 2. The Morgan fingerprint density at radius 1 is 1.38 bits per heavy atom. The Labute approximate surface area is 139 Å². The third-order valence-corrected chi connectivity index (χ3v) is 4.50. The van der Waals surface area contributed by atoms with E-state index in [-0.39, 0.29) is 5.91 Å². The zero-order chi connectivity index (χ0) is 16.7. The molecule has 1 atom stereocenters. The summed E-state index contributed by atoms with van der Waals surface area (Å²) in [6.45, 7) is 6.15. The van der Waals surface area contributed by atoms with Crippen LogP contribution in [0.15, 0.2) is 24.7 Å². The first kappa shape index (κ1) is 14.8. The number of hydrogen-bond donors (Lipinski definition) is 0. The summed E-state index contributed by atoms with van der Waals surface area (Å²) in [5.74, 6) is 0.400. The molecule has 3 aromatic rings. The van der Waals surface area contributed by atoms with Crippen molar-refractivity contribution in [2.45, 2.75) is 26.8 Å². The van der Waals surface area contributed by atoms with Crippen molar-refractivity contribution >= 4 is 11.6 Å². The molecule has 0 radical (unpaired) electrons. The van der Waals surface area contributed by atoms with Crippen molar-refractivity contribution in [2.24, 2.45) is 5.92 Å². The number of amides is 1. The van der Waals surface area contributed by atoms with E-state index in [0.29, 0.717) is 17.1 Å². The van der Waals surface area contributed by atoms with Gasteiger partial charge in [-0.1, -0.05) is 5.21 Å². The lowest BCUT2D eigenvalue weighted by Crippen LogP contribution is -2.29. The van der Waals surface area contributed by atoms with E-state index in [1.807, 2.05) is 35.7 Å². The van der Waals surface area contributed by atoms with Crippen molar-refractivity contribution in [3.8, 4) is 0 Å². The van der Waals surface area contributed by atoms with Crippen LogP contribution in [-0.4, -0.2) is 53.5 Å². The maximum atomic E-state index is 12.9. The summed E-state index contributed by atoms with van der Waals surface area (Å²) in [4.78, 5) is 19.3. The van der Waals surface area contributed by atoms with Crippen LogP contribution >= 0.6 is 0 Å². The van der Waals surface area contributed by atoms with E-state index in [1.54, 1.807) is 16.9 Å². The highest BCUT2D eigenvalue weighted by atomic mass is 16.2. The number of aromatic nitrogens is 6. The van der Waals surface area contributed by atoms with Crippen LogP contribution in [-0.2, 0) is 6.54 Å². The van der Waals surface area contributed by atoms with E-state index in [0.717, 1.165) is 37.4 Å². The molecule has 1 unspecified atom stereocenters. The standard InChI is InChI=1S/C16H19N7O/c1-11-7-12(2)23-15(19-11)14(8-18-23)16(24)21-5-3-13(9-21)10-22-6-4-17-20-22/h4,6-8,13H,3,5,9-10H2,1-2H3. The molecule has 124 valence electrons. The Bertz CT molecular complexity index is 883. The Kier molecular flexibility index (Phi) is 3.51. The quantitative estimate of drug-likeness (QED) is 0.720. The van der Waals surface area contributed by atoms with Crippen molar-refractivity contribution in [3.63, 3.8) is 0 Å². The maximum Gasteiger partial charge on any atom is 0.259 e. The van der Waals surface area contributed by atoms with Gasteiger partial charge in [-0.2, -0.15) is 5.10 Å². The predicted octanol–water partition coefficient (Wildman–Crippen LogP) is 1.10. The largest absolute Gasteiger partial charge is 0.338 e. The third kappa shape index (κ3) is 2.53. The van der Waals surface area contributed by atoms with Gasteiger partial charge in [0.05, 0.1) is 12.4 Å². The molecule has 1 amide bonds. The predicted molar refractivity (Wildman–Crippen MR) is 86.5 cm³/mol. The van der Waals surface area contributed by atoms with E-state index in [1.165, 1.54) is 0 Å². The minimum Gasteiger partial charge on any atom is -0.338 e. The monoisotopic (exact) mass is 325 g/mol. The van der Waals surface area contributed by atoms with Gasteiger partial charge in [-0.3, -0.25) is 9.48 Å². The molecule has 8 heteroatoms. The second-order valence-corrected chi connectivity index (χ2v) is 6.36. The van der Waals surface area contributed by atoms with E-state index in [9.17, 15) is 4.79 Å². The maximum absolute atomic E-state index is 12.9. The van der Waals surface area contributed by atoms with Crippen LogP contribution in [0.3, 0.4) is 0 Å². The number of nitrogens with zero attached hydrogens (tertiary/aromatic N) is 7. The van der Waals surface area contributed by atoms with Crippen LogP contribution in [0.2, 0.25) is 0 Å². The molecule has 0 spiro atoms. The first-order chi connectivity index (χ1) is 11.6. The molecule has 0 aromatic carbocycles. The Hall–Kier alpha value is -2.77. The fourth-order valence-electron chi connectivity index (χ4n) is 3.35. The summed E-state index contributed by atoms with van der Waals surface area (Å²) < 4.78 is 3.55. The summed E-state index contributed by atoms with van der Waals surface area (Å²) in [7, 11) is 0. The van der Waals surface area contributed by atoms with Gasteiger partial charge < -0.3 is 4.90 Å². The first-order valence-electron chi connectivity index (χ1n) is 8.07. The van der Waals surface area contributed by atoms with Gasteiger partial charge in [0.25, 0.3) is 5.91 Å². The van der Waals surface area contributed by atoms with Gasteiger partial charge in [0, 0.05) is 37.2 Å². The fourth-order valence-corrected chi connectivity index (χ4v) is 3.35. The summed E-state index contributed by atoms with van der Waals surface area (Å²) >= 11 is 0. The van der Waals surface area contributed by atoms with Crippen molar-refractivity contribution in [1.82, 2.24) is 34.5 Å². The second-order valence-electron chi connectivity index (χ2n) is 6.36. The number of fused-ring (bicyclic) bond motifs is 1. The molecule has 3 aromatic heterocycles. The molecule has 4 rings (SSSR count). The van der Waals surface area contributed by atoms with E-state index in [2.05, 4.69) is 20.4 Å². The van der Waals surface area contributed by atoms with Gasteiger partial charge in [-0.25, -0.2) is 9.50 Å². The lowest BCUT2D eigenvalue weighted by atomic mass is 10.1. The molecule has 1 aliphatic rings. The Morgan fingerprint density at radius 2 is 2.25 bits per heavy atom. The van der Waals surface area contributed by atoms with Crippen LogP contribution in [0, 0.1) is 19.8 Å². The molecule has 0 N–H and O–H groups in total. The Balaban J connectivity index is 1.54. The van der Waals surface area contributed by atoms with Crippen LogP contribution in [0.1, 0.15) is 28.2 Å². The van der Waals surface area contributed by atoms with Gasteiger partial charge in [-0.05, 0) is 32.3 Å². The average Bonchev–Trinajstić information content (AvgIpc) is 3.27. The zero-order valence-corrected chi connectivity index (χ0v) is 13.8. The minimum absolute atomic E-state index is 0.00332. The van der Waals surface area contributed by atoms with E-state index >= 15 is 0 Å². The van der Waals surface area contributed by atoms with Gasteiger partial charge in [0.1, 0.15) is 5.56 Å². The minimum atomic E-state index is 0.00332. The fraction of sp³-hybridized carbons (Fsp3) is 0.438. The molecular weight excluding hydrogens is 306 g/mol. The normalized spacial score (nSPS) is 17.8. The summed E-state index contributed by atoms with van der Waals surface area (Å²) in [6, 6.07) is 1.96. The molecule has 1 fully saturated rings. The van der Waals surface area contributed by atoms with Crippen molar-refractivity contribution in [1.29, 1.82) is 0 Å². The van der Waals surface area contributed by atoms with E-state index in [4.69, 9.17) is 0 Å². The average molecular weight is 325 g/mol. The highest BCUT2D eigenvalue weighted by Crippen LogP contribution is 2.22. The lowest BCUT2D eigenvalue weighted by molar-refractivity contribution is 0.0787. The van der Waals surface area contributed by atoms with Gasteiger partial charge >= 0.3 is 0 Å². The number of carbonyl (C=O) groups excluding carboxylic acids is 1. The lowest BCUT2D eigenvalue weighted by Gasteiger charge is -2.16. The van der Waals surface area contributed by atoms with Crippen LogP contribution in [0.5, 0.6) is 0 Å². The molecule has 4 heterocycles. The third-order valence-electron chi connectivity index (χ3n) is 4.50. The van der Waals surface area contributed by atoms with E-state index < -0.39 is 0 Å². The van der Waals surface area contributed by atoms with Gasteiger partial charge in [0.15, 0.2) is 5.65 Å². The second kappa shape index (κ2) is 5.70. The van der Waals surface area contributed by atoms with Crippen LogP contribution in [0.4, 0.5) is 0 Å². The molecule has 8 nitrogen and oxygen atoms in total. The molecule has 0 bridgehead atoms. The first-order valence-corrected chi connectivity index (χ1v) is 8.07. The molecule has 1 saturated heterocycles. The van der Waals surface area contributed by atoms with Crippen molar-refractivity contribution in [2.75, 3.05) is 13.1 Å². The highest BCUT2D eigenvalue weighted by Gasteiger charge is 2.29. The highest BCUT2D eigenvalue weighted by molar-refractivity contribution is 5.99. The smallest absolute Gasteiger partial charge is 0.259 e. The summed E-state index contributed by atoms with van der Waals surface area (Å²) in [5, 5.41) is 12.1. The molecule has 0 aliphatic carbocycles. The van der Waals surface area contributed by atoms with Crippen molar-refractivity contribution < 1.29 is 4.79 Å². The molecule has 24 heavy (non-hydrogen) atoms. The molecular formula is C16H19N7O. The SMILES string of the molecule is Cc1cc(C)n2ncc(C(=O)N3CCC(Cn4ccnn4)C3)c2n1. The number of carbonyl (C=O) groups is 1. The van der Waals surface area contributed by atoms with Gasteiger partial charge in [-0.15, -0.1) is 5.10 Å². The van der Waals surface area contributed by atoms with Crippen molar-refractivity contribution in [3.05, 3.63) is 41.6 Å². The summed E-state index contributed by atoms with van der Waals surface area (Å²) in [5.41, 5.74) is 3.07. The topological polar surface area (TPSA) is 81.2 Å².